The molecule has 1 aliphatic heterocycles. The van der Waals surface area contributed by atoms with E-state index in [9.17, 15) is 36.0 Å². The molecule has 2 aromatic carbocycles. The summed E-state index contributed by atoms with van der Waals surface area (Å²) in [4.78, 5) is 43.4. The van der Waals surface area contributed by atoms with Crippen molar-refractivity contribution in [3.8, 4) is 0 Å². The normalized spacial score (nSPS) is 16.1. The number of imide groups is 1. The number of hydrogen-bond acceptors (Lipinski definition) is 7. The number of alkyl halides is 3. The maximum absolute atomic E-state index is 13.2. The monoisotopic (exact) mass is 547 g/mol. The van der Waals surface area contributed by atoms with Crippen LogP contribution in [0.1, 0.15) is 22.8 Å². The van der Waals surface area contributed by atoms with Crippen LogP contribution < -0.4 is 15.8 Å². The van der Waals surface area contributed by atoms with Crippen LogP contribution in [-0.4, -0.2) is 47.7 Å². The van der Waals surface area contributed by atoms with Crippen molar-refractivity contribution in [2.75, 3.05) is 10.3 Å². The molecule has 38 heavy (non-hydrogen) atoms. The quantitative estimate of drug-likeness (QED) is 0.342. The molecule has 0 radical (unpaired) electrons. The van der Waals surface area contributed by atoms with Crippen molar-refractivity contribution in [2.24, 2.45) is 0 Å². The minimum absolute atomic E-state index is 0.0746. The van der Waals surface area contributed by atoms with Crippen molar-refractivity contribution in [1.82, 2.24) is 15.3 Å². The number of amides is 4. The molecule has 198 valence electrons. The molecular weight excluding hydrogens is 527 g/mol. The lowest BCUT2D eigenvalue weighted by atomic mass is 10.2. The summed E-state index contributed by atoms with van der Waals surface area (Å²) < 4.78 is 61.7. The minimum Gasteiger partial charge on any atom is -0.308 e. The van der Waals surface area contributed by atoms with Gasteiger partial charge in [0, 0.05) is 11.8 Å². The highest BCUT2D eigenvalue weighted by Crippen LogP contribution is 2.33. The zero-order chi connectivity index (χ0) is 27.7. The van der Waals surface area contributed by atoms with Gasteiger partial charge in [0.1, 0.15) is 6.04 Å². The van der Waals surface area contributed by atoms with Crippen LogP contribution in [0.2, 0.25) is 0 Å². The molecule has 4 rings (SSSR count). The van der Waals surface area contributed by atoms with E-state index in [1.807, 2.05) is 0 Å². The predicted molar refractivity (Wildman–Crippen MR) is 129 cm³/mol. The number of anilines is 2. The van der Waals surface area contributed by atoms with E-state index in [4.69, 9.17) is 0 Å². The Morgan fingerprint density at radius 1 is 1.03 bits per heavy atom. The third-order valence-corrected chi connectivity index (χ3v) is 7.29. The van der Waals surface area contributed by atoms with E-state index in [2.05, 4.69) is 15.8 Å². The third kappa shape index (κ3) is 5.02. The number of nitrogens with one attached hydrogen (secondary N) is 2. The zero-order valence-corrected chi connectivity index (χ0v) is 20.5. The lowest BCUT2D eigenvalue weighted by Gasteiger charge is -2.21. The summed E-state index contributed by atoms with van der Waals surface area (Å²) in [6.45, 7) is 1.41. The number of halogens is 3. The van der Waals surface area contributed by atoms with Crippen molar-refractivity contribution in [1.29, 1.82) is 0 Å². The smallest absolute Gasteiger partial charge is 0.308 e. The van der Waals surface area contributed by atoms with Crippen LogP contribution in [-0.2, 0) is 21.2 Å². The molecular formula is C24H20F3N5O5S. The first-order valence-electron chi connectivity index (χ1n) is 11.0. The molecule has 1 fully saturated rings. The number of nitrogens with zero attached hydrogens (tertiary/aromatic N) is 3. The Hall–Kier alpha value is -4.46. The first-order valence-corrected chi connectivity index (χ1v) is 12.5. The Bertz CT molecular complexity index is 1480. The molecule has 1 aliphatic rings. The molecule has 0 spiro atoms. The van der Waals surface area contributed by atoms with Crippen molar-refractivity contribution < 1.29 is 36.0 Å². The molecule has 0 aliphatic carbocycles. The van der Waals surface area contributed by atoms with Gasteiger partial charge in [-0.3, -0.25) is 25.4 Å². The lowest BCUT2D eigenvalue weighted by Crippen LogP contribution is -2.34. The van der Waals surface area contributed by atoms with Crippen LogP contribution in [0.3, 0.4) is 0 Å². The first-order chi connectivity index (χ1) is 17.9. The summed E-state index contributed by atoms with van der Waals surface area (Å²) in [5, 5.41) is 0. The van der Waals surface area contributed by atoms with Crippen LogP contribution in [0, 0.1) is 0 Å². The van der Waals surface area contributed by atoms with Gasteiger partial charge >= 0.3 is 11.5 Å². The molecule has 4 amide bonds. The Morgan fingerprint density at radius 2 is 1.68 bits per heavy atom. The number of pyridine rings is 1. The average Bonchev–Trinajstić information content (AvgIpc) is 3.10. The molecule has 2 heterocycles. The van der Waals surface area contributed by atoms with E-state index >= 15 is 0 Å². The molecule has 0 bridgehead atoms. The lowest BCUT2D eigenvalue weighted by molar-refractivity contribution is -0.119. The summed E-state index contributed by atoms with van der Waals surface area (Å²) >= 11 is 0. The Morgan fingerprint density at radius 3 is 2.32 bits per heavy atom. The third-order valence-electron chi connectivity index (χ3n) is 5.79. The van der Waals surface area contributed by atoms with E-state index in [1.54, 1.807) is 36.4 Å². The molecule has 1 saturated heterocycles. The van der Waals surface area contributed by atoms with E-state index < -0.39 is 44.1 Å². The molecule has 10 nitrogen and oxygen atoms in total. The molecule has 3 aromatic rings. The zero-order valence-electron chi connectivity index (χ0n) is 19.6. The van der Waals surface area contributed by atoms with Crippen molar-refractivity contribution in [3.05, 3.63) is 84.2 Å². The van der Waals surface area contributed by atoms with Crippen LogP contribution in [0.5, 0.6) is 0 Å². The molecule has 1 aromatic heterocycles. The maximum atomic E-state index is 13.2. The summed E-state index contributed by atoms with van der Waals surface area (Å²) in [7, 11) is -5.58. The molecule has 1 unspecified atom stereocenters. The van der Waals surface area contributed by atoms with Gasteiger partial charge in [-0.15, -0.1) is 0 Å². The number of aromatic nitrogens is 1. The topological polar surface area (TPSA) is 129 Å². The van der Waals surface area contributed by atoms with Gasteiger partial charge in [-0.2, -0.15) is 13.2 Å². The molecule has 2 N–H and O–H groups in total. The van der Waals surface area contributed by atoms with Gasteiger partial charge in [0.25, 0.3) is 21.7 Å². The number of benzene rings is 2. The Labute approximate surface area is 215 Å². The highest BCUT2D eigenvalue weighted by molar-refractivity contribution is 7.92. The SMILES string of the molecule is CC1C(=O)N(c2ccc(S(=O)(=O)C(F)(F)F)cc2)C(=O)N1Cc1ccncc1NNC(=O)c1ccccc1. The summed E-state index contributed by atoms with van der Waals surface area (Å²) in [5.41, 5.74) is 0.996. The molecule has 1 atom stereocenters. The molecule has 0 saturated carbocycles. The number of sulfone groups is 1. The summed E-state index contributed by atoms with van der Waals surface area (Å²) in [5.74, 6) is -1.06. The van der Waals surface area contributed by atoms with Gasteiger partial charge < -0.3 is 4.90 Å². The van der Waals surface area contributed by atoms with Gasteiger partial charge in [0.2, 0.25) is 0 Å². The highest BCUT2D eigenvalue weighted by Gasteiger charge is 2.47. The average molecular weight is 548 g/mol. The number of hydrazine groups is 1. The number of carbonyl (C=O) groups is 3. The predicted octanol–water partition coefficient (Wildman–Crippen LogP) is 3.49. The summed E-state index contributed by atoms with van der Waals surface area (Å²) in [6.07, 6.45) is 2.88. The number of urea groups is 1. The van der Waals surface area contributed by atoms with E-state index in [-0.39, 0.29) is 12.2 Å². The van der Waals surface area contributed by atoms with E-state index in [0.29, 0.717) is 28.9 Å². The van der Waals surface area contributed by atoms with Crippen LogP contribution >= 0.6 is 0 Å². The molecule has 14 heteroatoms. The van der Waals surface area contributed by atoms with Crippen LogP contribution in [0.25, 0.3) is 0 Å². The van der Waals surface area contributed by atoms with Gasteiger partial charge in [-0.25, -0.2) is 18.1 Å². The highest BCUT2D eigenvalue weighted by atomic mass is 32.2. The number of rotatable bonds is 7. The summed E-state index contributed by atoms with van der Waals surface area (Å²) in [6, 6.07) is 11.6. The largest absolute Gasteiger partial charge is 0.501 e. The van der Waals surface area contributed by atoms with Crippen molar-refractivity contribution in [3.63, 3.8) is 0 Å². The van der Waals surface area contributed by atoms with Crippen LogP contribution in [0.15, 0.2) is 78.0 Å². The minimum atomic E-state index is -5.58. The van der Waals surface area contributed by atoms with Gasteiger partial charge in [-0.1, -0.05) is 18.2 Å². The van der Waals surface area contributed by atoms with Crippen LogP contribution in [0.4, 0.5) is 29.3 Å². The standard InChI is InChI=1S/C24H20F3N5O5S/c1-15-22(34)32(18-7-9-19(10-8-18)38(36,37)24(25,26)27)23(35)31(15)14-17-11-12-28-13-20(17)29-30-21(33)16-5-3-2-4-6-16/h2-13,15,29H,14H2,1H3,(H,30,33). The fourth-order valence-corrected chi connectivity index (χ4v) is 4.46. The number of carbonyl (C=O) groups excluding carboxylic acids is 3. The second-order valence-electron chi connectivity index (χ2n) is 8.18. The maximum Gasteiger partial charge on any atom is 0.501 e. The van der Waals surface area contributed by atoms with Gasteiger partial charge in [0.05, 0.1) is 29.0 Å². The number of hydrogen-bond donors (Lipinski definition) is 2. The van der Waals surface area contributed by atoms with E-state index in [0.717, 1.165) is 17.0 Å². The Balaban J connectivity index is 1.51. The first kappa shape index (κ1) is 26.6. The van der Waals surface area contributed by atoms with Gasteiger partial charge in [-0.05, 0) is 55.0 Å². The fourth-order valence-electron chi connectivity index (χ4n) is 3.70. The van der Waals surface area contributed by atoms with Crippen molar-refractivity contribution >= 4 is 39.1 Å². The second-order valence-corrected chi connectivity index (χ2v) is 10.1. The van der Waals surface area contributed by atoms with Gasteiger partial charge in [0.15, 0.2) is 0 Å². The second kappa shape index (κ2) is 10.1. The van der Waals surface area contributed by atoms with Crippen molar-refractivity contribution in [2.45, 2.75) is 29.9 Å². The Kier molecular flexibility index (Phi) is 7.09. The fraction of sp³-hybridized carbons (Fsp3) is 0.167. The van der Waals surface area contributed by atoms with E-state index in [1.165, 1.54) is 24.2 Å².